The first-order valence-electron chi connectivity index (χ1n) is 5.98. The number of carboxylic acids is 1. The lowest BCUT2D eigenvalue weighted by atomic mass is 9.94. The van der Waals surface area contributed by atoms with Gasteiger partial charge in [-0.15, -0.1) is 0 Å². The molecule has 7 heteroatoms. The van der Waals surface area contributed by atoms with Crippen LogP contribution in [0.4, 0.5) is 18.9 Å². The number of carbonyl (C=O) groups excluding carboxylic acids is 1. The quantitative estimate of drug-likeness (QED) is 0.863. The number of amides is 1. The maximum absolute atomic E-state index is 12.6. The van der Waals surface area contributed by atoms with E-state index in [0.29, 0.717) is 28.9 Å². The van der Waals surface area contributed by atoms with E-state index in [1.54, 1.807) is 12.1 Å². The lowest BCUT2D eigenvalue weighted by Gasteiger charge is -2.31. The zero-order chi connectivity index (χ0) is 15.1. The number of rotatable bonds is 1. The Hall–Kier alpha value is -2.05. The predicted molar refractivity (Wildman–Crippen MR) is 64.9 cm³/mol. The Balaban J connectivity index is 2.62. The molecular weight excluding hydrogens is 275 g/mol. The van der Waals surface area contributed by atoms with Crippen molar-refractivity contribution in [1.82, 2.24) is 0 Å². The van der Waals surface area contributed by atoms with Crippen LogP contribution in [0.25, 0.3) is 0 Å². The minimum absolute atomic E-state index is 0.119. The van der Waals surface area contributed by atoms with Gasteiger partial charge in [-0.3, -0.25) is 4.79 Å². The van der Waals surface area contributed by atoms with Crippen LogP contribution >= 0.6 is 0 Å². The Morgan fingerprint density at radius 1 is 1.30 bits per heavy atom. The fourth-order valence-corrected chi connectivity index (χ4v) is 2.41. The maximum atomic E-state index is 12.6. The number of halogens is 3. The molecular formula is C13H12F3NO3. The third-order valence-corrected chi connectivity index (χ3v) is 3.27. The molecule has 0 fully saturated rings. The lowest BCUT2D eigenvalue weighted by Crippen LogP contribution is -2.44. The highest BCUT2D eigenvalue weighted by atomic mass is 19.4. The van der Waals surface area contributed by atoms with Gasteiger partial charge < -0.3 is 10.0 Å². The van der Waals surface area contributed by atoms with Gasteiger partial charge in [0.05, 0.1) is 11.3 Å². The minimum Gasteiger partial charge on any atom is -0.478 e. The lowest BCUT2D eigenvalue weighted by molar-refractivity contribution is -0.170. The van der Waals surface area contributed by atoms with Crippen LogP contribution in [0.15, 0.2) is 12.1 Å². The normalized spacial score (nSPS) is 14.9. The minimum atomic E-state index is -5.02. The zero-order valence-corrected chi connectivity index (χ0v) is 10.6. The molecule has 1 N–H and O–H groups in total. The summed E-state index contributed by atoms with van der Waals surface area (Å²) in [5.74, 6) is -3.35. The van der Waals surface area contributed by atoms with Crippen LogP contribution in [0.5, 0.6) is 0 Å². The number of carbonyl (C=O) groups is 2. The van der Waals surface area contributed by atoms with Crippen molar-refractivity contribution < 1.29 is 27.9 Å². The first kappa shape index (κ1) is 14.4. The molecule has 1 aromatic rings. The number of benzene rings is 1. The first-order valence-corrected chi connectivity index (χ1v) is 5.98. The molecule has 1 aliphatic heterocycles. The van der Waals surface area contributed by atoms with Crippen LogP contribution in [-0.4, -0.2) is 29.7 Å². The summed E-state index contributed by atoms with van der Waals surface area (Å²) in [6.07, 6.45) is -4.19. The third-order valence-electron chi connectivity index (χ3n) is 3.27. The van der Waals surface area contributed by atoms with E-state index >= 15 is 0 Å². The number of carboxylic acid groups (broad SMARTS) is 1. The number of fused-ring (bicyclic) bond motifs is 1. The molecule has 1 aromatic carbocycles. The Bertz CT molecular complexity index is 581. The molecule has 4 nitrogen and oxygen atoms in total. The van der Waals surface area contributed by atoms with Crippen molar-refractivity contribution in [1.29, 1.82) is 0 Å². The van der Waals surface area contributed by atoms with E-state index in [4.69, 9.17) is 0 Å². The maximum Gasteiger partial charge on any atom is 0.471 e. The van der Waals surface area contributed by atoms with Gasteiger partial charge in [0.15, 0.2) is 0 Å². The van der Waals surface area contributed by atoms with Gasteiger partial charge in [0.1, 0.15) is 0 Å². The van der Waals surface area contributed by atoms with E-state index in [0.717, 1.165) is 0 Å². The highest BCUT2D eigenvalue weighted by molar-refractivity contribution is 6.05. The Morgan fingerprint density at radius 3 is 2.50 bits per heavy atom. The molecule has 1 aliphatic rings. The smallest absolute Gasteiger partial charge is 0.471 e. The summed E-state index contributed by atoms with van der Waals surface area (Å²) < 4.78 is 37.9. The number of hydrogen-bond acceptors (Lipinski definition) is 2. The van der Waals surface area contributed by atoms with Crippen LogP contribution in [-0.2, 0) is 11.2 Å². The van der Waals surface area contributed by atoms with Crippen LogP contribution in [0.1, 0.15) is 27.9 Å². The summed E-state index contributed by atoms with van der Waals surface area (Å²) in [5.41, 5.74) is 0.431. The Morgan fingerprint density at radius 2 is 1.95 bits per heavy atom. The van der Waals surface area contributed by atoms with Crippen LogP contribution < -0.4 is 4.90 Å². The Labute approximate surface area is 112 Å². The van der Waals surface area contributed by atoms with Crippen molar-refractivity contribution in [2.75, 3.05) is 11.4 Å². The van der Waals surface area contributed by atoms with Gasteiger partial charge >= 0.3 is 18.1 Å². The average molecular weight is 287 g/mol. The van der Waals surface area contributed by atoms with Gasteiger partial charge in [-0.1, -0.05) is 12.1 Å². The number of aromatic carboxylic acids is 1. The largest absolute Gasteiger partial charge is 0.478 e. The molecule has 2 rings (SSSR count). The second-order valence-corrected chi connectivity index (χ2v) is 4.63. The van der Waals surface area contributed by atoms with E-state index in [1.807, 2.05) is 0 Å². The van der Waals surface area contributed by atoms with Crippen molar-refractivity contribution in [3.8, 4) is 0 Å². The van der Waals surface area contributed by atoms with E-state index < -0.39 is 18.1 Å². The van der Waals surface area contributed by atoms with Gasteiger partial charge in [-0.05, 0) is 30.9 Å². The monoisotopic (exact) mass is 287 g/mol. The molecule has 0 aromatic heterocycles. The van der Waals surface area contributed by atoms with Crippen LogP contribution in [0.3, 0.4) is 0 Å². The number of alkyl halides is 3. The molecule has 0 spiro atoms. The summed E-state index contributed by atoms with van der Waals surface area (Å²) >= 11 is 0. The number of hydrogen-bond donors (Lipinski definition) is 1. The summed E-state index contributed by atoms with van der Waals surface area (Å²) in [7, 11) is 0. The summed E-state index contributed by atoms with van der Waals surface area (Å²) in [6, 6.07) is 3.12. The second-order valence-electron chi connectivity index (χ2n) is 4.63. The molecule has 0 radical (unpaired) electrons. The van der Waals surface area contributed by atoms with Crippen molar-refractivity contribution >= 4 is 17.6 Å². The molecule has 0 aliphatic carbocycles. The third kappa shape index (κ3) is 2.35. The molecule has 0 unspecified atom stereocenters. The highest BCUT2D eigenvalue weighted by Gasteiger charge is 2.45. The predicted octanol–water partition coefficient (Wildman–Crippen LogP) is 2.53. The van der Waals surface area contributed by atoms with Crippen molar-refractivity contribution in [3.63, 3.8) is 0 Å². The van der Waals surface area contributed by atoms with E-state index in [1.165, 1.54) is 6.92 Å². The van der Waals surface area contributed by atoms with Gasteiger partial charge in [0.2, 0.25) is 0 Å². The Kier molecular flexibility index (Phi) is 3.45. The van der Waals surface area contributed by atoms with Gasteiger partial charge in [0.25, 0.3) is 0 Å². The first-order chi connectivity index (χ1) is 9.23. The topological polar surface area (TPSA) is 57.6 Å². The standard InChI is InChI=1S/C13H12F3NO3/c1-7-4-5-8-3-2-6-17(12(20)13(14,15)16)10(8)9(7)11(18)19/h4-5H,2-3,6H2,1H3,(H,18,19). The summed E-state index contributed by atoms with van der Waals surface area (Å²) in [4.78, 5) is 23.3. The fraction of sp³-hybridized carbons (Fsp3) is 0.385. The van der Waals surface area contributed by atoms with Crippen LogP contribution in [0, 0.1) is 6.92 Å². The van der Waals surface area contributed by atoms with Crippen molar-refractivity contribution in [2.24, 2.45) is 0 Å². The van der Waals surface area contributed by atoms with E-state index in [9.17, 15) is 27.9 Å². The zero-order valence-electron chi connectivity index (χ0n) is 10.6. The average Bonchev–Trinajstić information content (AvgIpc) is 2.35. The van der Waals surface area contributed by atoms with Crippen molar-refractivity contribution in [2.45, 2.75) is 25.9 Å². The molecule has 0 atom stereocenters. The molecule has 1 heterocycles. The van der Waals surface area contributed by atoms with Crippen molar-refractivity contribution in [3.05, 3.63) is 28.8 Å². The SMILES string of the molecule is Cc1ccc2c(c1C(=O)O)N(C(=O)C(F)(F)F)CCC2. The second kappa shape index (κ2) is 4.81. The molecule has 108 valence electrons. The van der Waals surface area contributed by atoms with Crippen LogP contribution in [0.2, 0.25) is 0 Å². The molecule has 0 bridgehead atoms. The fourth-order valence-electron chi connectivity index (χ4n) is 2.41. The molecule has 1 amide bonds. The van der Waals surface area contributed by atoms with E-state index in [2.05, 4.69) is 0 Å². The molecule has 0 saturated heterocycles. The summed E-state index contributed by atoms with van der Waals surface area (Å²) in [6.45, 7) is 1.36. The van der Waals surface area contributed by atoms with E-state index in [-0.39, 0.29) is 17.8 Å². The number of nitrogens with zero attached hydrogens (tertiary/aromatic N) is 1. The number of aryl methyl sites for hydroxylation is 2. The number of anilines is 1. The van der Waals surface area contributed by atoms with Gasteiger partial charge in [0, 0.05) is 6.54 Å². The molecule has 20 heavy (non-hydrogen) atoms. The molecule has 0 saturated carbocycles. The van der Waals surface area contributed by atoms with Gasteiger partial charge in [-0.2, -0.15) is 13.2 Å². The highest BCUT2D eigenvalue weighted by Crippen LogP contribution is 2.35. The van der Waals surface area contributed by atoms with Gasteiger partial charge in [-0.25, -0.2) is 4.79 Å². The summed E-state index contributed by atoms with van der Waals surface area (Å²) in [5, 5.41) is 9.20.